The fraction of sp³-hybridized carbons (Fsp3) is 0.882. The summed E-state index contributed by atoms with van der Waals surface area (Å²) in [7, 11) is -1.33. The molecule has 0 bridgehead atoms. The van der Waals surface area contributed by atoms with Crippen molar-refractivity contribution in [2.24, 2.45) is 5.92 Å². The van der Waals surface area contributed by atoms with Gasteiger partial charge >= 0.3 is 12.1 Å². The second kappa shape index (κ2) is 10.3. The highest BCUT2D eigenvalue weighted by atomic mass is 31.2. The van der Waals surface area contributed by atoms with Crippen LogP contribution >= 0.6 is 8.30 Å². The van der Waals surface area contributed by atoms with Crippen LogP contribution in [0.2, 0.25) is 0 Å². The molecule has 1 amide bonds. The monoisotopic (exact) mass is 378 g/mol. The molecule has 7 nitrogen and oxygen atoms in total. The number of amides is 1. The third kappa shape index (κ3) is 12.1. The smallest absolute Gasteiger partial charge is 0.408 e. The number of esters is 1. The van der Waals surface area contributed by atoms with E-state index in [0.29, 0.717) is 6.61 Å². The van der Waals surface area contributed by atoms with E-state index in [4.69, 9.17) is 14.0 Å². The minimum absolute atomic E-state index is 0.0227. The Kier molecular flexibility index (Phi) is 9.92. The lowest BCUT2D eigenvalue weighted by molar-refractivity contribution is -0.141. The van der Waals surface area contributed by atoms with E-state index in [0.717, 1.165) is 0 Å². The topological polar surface area (TPSA) is 85.9 Å². The van der Waals surface area contributed by atoms with Gasteiger partial charge in [-0.25, -0.2) is 4.79 Å². The van der Waals surface area contributed by atoms with Gasteiger partial charge in [-0.3, -0.25) is 9.88 Å². The zero-order valence-electron chi connectivity index (χ0n) is 17.1. The minimum Gasteiger partial charge on any atom is -0.465 e. The van der Waals surface area contributed by atoms with Crippen LogP contribution < -0.4 is 10.4 Å². The number of ether oxygens (including phenoxy) is 2. The molecule has 0 saturated heterocycles. The van der Waals surface area contributed by atoms with E-state index in [-0.39, 0.29) is 24.2 Å². The van der Waals surface area contributed by atoms with Gasteiger partial charge in [-0.2, -0.15) is 0 Å². The van der Waals surface area contributed by atoms with E-state index < -0.39 is 25.6 Å². The van der Waals surface area contributed by atoms with Crippen LogP contribution in [0.25, 0.3) is 0 Å². The third-order valence-electron chi connectivity index (χ3n) is 2.61. The zero-order chi connectivity index (χ0) is 19.8. The number of rotatable bonds is 8. The third-order valence-corrected chi connectivity index (χ3v) is 5.05. The Hall–Kier alpha value is -0.910. The molecule has 148 valence electrons. The Labute approximate surface area is 153 Å². The number of hydrogen-bond acceptors (Lipinski definition) is 6. The summed E-state index contributed by atoms with van der Waals surface area (Å²) in [5, 5.41) is 5.99. The Morgan fingerprint density at radius 3 is 2.00 bits per heavy atom. The molecule has 0 aromatic heterocycles. The van der Waals surface area contributed by atoms with E-state index in [1.165, 1.54) is 0 Å². The van der Waals surface area contributed by atoms with Crippen molar-refractivity contribution in [1.82, 2.24) is 10.4 Å². The van der Waals surface area contributed by atoms with E-state index in [1.54, 1.807) is 6.92 Å². The lowest BCUT2D eigenvalue weighted by Crippen LogP contribution is -2.44. The summed E-state index contributed by atoms with van der Waals surface area (Å²) in [6.07, 6.45) is -0.505. The summed E-state index contributed by atoms with van der Waals surface area (Å²) in [4.78, 5) is 23.9. The standard InChI is InChI=1S/C17H35N2O5P/c1-10-22-13(20)11-18-25(24-17(7,8)9)14(12(2)3)19-15(21)23-16(4,5)6/h12,14,18H,10-11H2,1-9H3,(H,19,21). The maximum Gasteiger partial charge on any atom is 0.408 e. The Balaban J connectivity index is 5.14. The van der Waals surface area contributed by atoms with Crippen molar-refractivity contribution in [3.8, 4) is 0 Å². The van der Waals surface area contributed by atoms with Gasteiger partial charge in [-0.1, -0.05) is 13.8 Å². The molecule has 0 heterocycles. The van der Waals surface area contributed by atoms with Crippen LogP contribution in [-0.4, -0.2) is 42.2 Å². The number of carbonyl (C=O) groups excluding carboxylic acids is 2. The molecular weight excluding hydrogens is 343 g/mol. The molecule has 0 fully saturated rings. The van der Waals surface area contributed by atoms with E-state index in [1.807, 2.05) is 55.4 Å². The molecule has 0 rings (SSSR count). The van der Waals surface area contributed by atoms with Crippen molar-refractivity contribution in [1.29, 1.82) is 0 Å². The predicted octanol–water partition coefficient (Wildman–Crippen LogP) is 3.77. The summed E-state index contributed by atoms with van der Waals surface area (Å²) < 4.78 is 16.4. The number of alkyl carbamates (subject to hydrolysis) is 1. The number of carbonyl (C=O) groups is 2. The average molecular weight is 378 g/mol. The van der Waals surface area contributed by atoms with Gasteiger partial charge in [-0.05, 0) is 54.4 Å². The first-order valence-electron chi connectivity index (χ1n) is 8.62. The Morgan fingerprint density at radius 2 is 1.60 bits per heavy atom. The van der Waals surface area contributed by atoms with Crippen molar-refractivity contribution in [3.63, 3.8) is 0 Å². The van der Waals surface area contributed by atoms with Crippen molar-refractivity contribution in [3.05, 3.63) is 0 Å². The van der Waals surface area contributed by atoms with E-state index in [2.05, 4.69) is 10.4 Å². The van der Waals surface area contributed by atoms with Crippen LogP contribution in [0.3, 0.4) is 0 Å². The largest absolute Gasteiger partial charge is 0.465 e. The predicted molar refractivity (Wildman–Crippen MR) is 100 cm³/mol. The van der Waals surface area contributed by atoms with Crippen molar-refractivity contribution in [2.45, 2.75) is 79.3 Å². The molecule has 0 saturated carbocycles. The van der Waals surface area contributed by atoms with Crippen LogP contribution in [0.15, 0.2) is 0 Å². The summed E-state index contributed by atoms with van der Waals surface area (Å²) in [5.74, 6) is -0.596. The highest BCUT2D eigenvalue weighted by Crippen LogP contribution is 2.44. The molecule has 0 aromatic carbocycles. The van der Waals surface area contributed by atoms with Gasteiger partial charge in [-0.15, -0.1) is 0 Å². The molecular formula is C17H35N2O5P. The van der Waals surface area contributed by atoms with Crippen LogP contribution in [-0.2, 0) is 18.8 Å². The normalized spacial score (nSPS) is 14.8. The van der Waals surface area contributed by atoms with Crippen molar-refractivity contribution >= 4 is 20.4 Å². The molecule has 0 spiro atoms. The molecule has 0 aliphatic carbocycles. The molecule has 25 heavy (non-hydrogen) atoms. The molecule has 0 radical (unpaired) electrons. The first-order valence-corrected chi connectivity index (χ1v) is 9.95. The van der Waals surface area contributed by atoms with Crippen LogP contribution in [0.1, 0.15) is 62.3 Å². The van der Waals surface area contributed by atoms with Crippen LogP contribution in [0, 0.1) is 5.92 Å². The summed E-state index contributed by atoms with van der Waals surface area (Å²) in [5.41, 5.74) is -1.02. The van der Waals surface area contributed by atoms with Crippen molar-refractivity contribution in [2.75, 3.05) is 13.2 Å². The highest BCUT2D eigenvalue weighted by molar-refractivity contribution is 7.51. The minimum atomic E-state index is -1.33. The van der Waals surface area contributed by atoms with Crippen LogP contribution in [0.5, 0.6) is 0 Å². The lowest BCUT2D eigenvalue weighted by atomic mass is 10.2. The second-order valence-corrected chi connectivity index (χ2v) is 9.71. The van der Waals surface area contributed by atoms with Gasteiger partial charge in [0.25, 0.3) is 0 Å². The molecule has 0 aliphatic rings. The first kappa shape index (κ1) is 24.1. The number of nitrogens with one attached hydrogen (secondary N) is 2. The molecule has 2 atom stereocenters. The summed E-state index contributed by atoms with van der Waals surface area (Å²) >= 11 is 0. The maximum absolute atomic E-state index is 12.2. The van der Waals surface area contributed by atoms with Gasteiger partial charge in [0.2, 0.25) is 0 Å². The highest BCUT2D eigenvalue weighted by Gasteiger charge is 2.32. The first-order chi connectivity index (χ1) is 11.2. The van der Waals surface area contributed by atoms with Gasteiger partial charge in [0, 0.05) is 0 Å². The van der Waals surface area contributed by atoms with E-state index >= 15 is 0 Å². The Morgan fingerprint density at radius 1 is 1.04 bits per heavy atom. The molecule has 0 aliphatic heterocycles. The van der Waals surface area contributed by atoms with Gasteiger partial charge in [0.1, 0.15) is 13.9 Å². The van der Waals surface area contributed by atoms with Gasteiger partial charge < -0.3 is 19.3 Å². The van der Waals surface area contributed by atoms with Gasteiger partial charge in [0.15, 0.2) is 0 Å². The maximum atomic E-state index is 12.2. The number of hydrogen-bond donors (Lipinski definition) is 2. The fourth-order valence-corrected chi connectivity index (χ4v) is 3.78. The quantitative estimate of drug-likeness (QED) is 0.494. The SMILES string of the molecule is CCOC(=O)CNP(OC(C)(C)C)C(NC(=O)OC(C)(C)C)C(C)C. The lowest BCUT2D eigenvalue weighted by Gasteiger charge is -2.35. The van der Waals surface area contributed by atoms with Crippen molar-refractivity contribution < 1.29 is 23.6 Å². The fourth-order valence-electron chi connectivity index (χ4n) is 1.76. The molecule has 2 unspecified atom stereocenters. The second-order valence-electron chi connectivity index (χ2n) is 8.00. The molecule has 0 aromatic rings. The van der Waals surface area contributed by atoms with Crippen LogP contribution in [0.4, 0.5) is 4.79 Å². The van der Waals surface area contributed by atoms with Gasteiger partial charge in [0.05, 0.1) is 24.5 Å². The zero-order valence-corrected chi connectivity index (χ0v) is 18.0. The van der Waals surface area contributed by atoms with E-state index in [9.17, 15) is 9.59 Å². The summed E-state index contributed by atoms with van der Waals surface area (Å²) in [6, 6.07) is 0. The molecule has 2 N–H and O–H groups in total. The summed E-state index contributed by atoms with van der Waals surface area (Å²) in [6.45, 7) is 17.3. The molecule has 8 heteroatoms. The Bertz CT molecular complexity index is 430. The average Bonchev–Trinajstić information content (AvgIpc) is 2.37.